The lowest BCUT2D eigenvalue weighted by molar-refractivity contribution is -0.147. The maximum atomic E-state index is 13.6. The second kappa shape index (κ2) is 7.51. The topological polar surface area (TPSA) is 73.2 Å². The highest BCUT2D eigenvalue weighted by Crippen LogP contribution is 2.30. The SMILES string of the molecule is CC(=C1NC(=O)C(C)(Cc2ccc(F)c(C)c2)N(C)C1=O)c1ccccc1C#N. The van der Waals surface area contributed by atoms with E-state index in [4.69, 9.17) is 0 Å². The van der Waals surface area contributed by atoms with Gasteiger partial charge in [0.25, 0.3) is 11.8 Å². The summed E-state index contributed by atoms with van der Waals surface area (Å²) in [6, 6.07) is 13.7. The number of benzene rings is 2. The highest BCUT2D eigenvalue weighted by molar-refractivity contribution is 6.10. The van der Waals surface area contributed by atoms with Crippen molar-refractivity contribution in [2.24, 2.45) is 0 Å². The van der Waals surface area contributed by atoms with E-state index >= 15 is 0 Å². The smallest absolute Gasteiger partial charge is 0.271 e. The molecule has 1 atom stereocenters. The third-order valence-electron chi connectivity index (χ3n) is 5.58. The first kappa shape index (κ1) is 20.3. The molecule has 29 heavy (non-hydrogen) atoms. The fraction of sp³-hybridized carbons (Fsp3) is 0.261. The van der Waals surface area contributed by atoms with Crippen LogP contribution in [0.2, 0.25) is 0 Å². The molecule has 1 saturated heterocycles. The number of likely N-dealkylation sites (N-methyl/N-ethyl adjacent to an activating group) is 1. The van der Waals surface area contributed by atoms with Crippen molar-refractivity contribution in [1.29, 1.82) is 5.26 Å². The van der Waals surface area contributed by atoms with Gasteiger partial charge >= 0.3 is 0 Å². The number of aryl methyl sites for hydroxylation is 1. The van der Waals surface area contributed by atoms with E-state index in [1.807, 2.05) is 0 Å². The van der Waals surface area contributed by atoms with E-state index < -0.39 is 5.54 Å². The third-order valence-corrected chi connectivity index (χ3v) is 5.58. The Hall–Kier alpha value is -3.46. The molecule has 0 aromatic heterocycles. The minimum atomic E-state index is -1.13. The minimum absolute atomic E-state index is 0.160. The molecular weight excluding hydrogens is 369 g/mol. The van der Waals surface area contributed by atoms with Crippen LogP contribution in [0.25, 0.3) is 5.57 Å². The van der Waals surface area contributed by atoms with Gasteiger partial charge in [0, 0.05) is 13.5 Å². The molecule has 6 heteroatoms. The van der Waals surface area contributed by atoms with Gasteiger partial charge in [-0.3, -0.25) is 9.59 Å². The Morgan fingerprint density at radius 3 is 2.59 bits per heavy atom. The van der Waals surface area contributed by atoms with E-state index in [0.29, 0.717) is 22.3 Å². The number of hydrogen-bond acceptors (Lipinski definition) is 3. The van der Waals surface area contributed by atoms with Crippen molar-refractivity contribution in [3.05, 3.63) is 76.2 Å². The van der Waals surface area contributed by atoms with Crippen LogP contribution >= 0.6 is 0 Å². The minimum Gasteiger partial charge on any atom is -0.326 e. The summed E-state index contributed by atoms with van der Waals surface area (Å²) >= 11 is 0. The first-order valence-corrected chi connectivity index (χ1v) is 9.24. The van der Waals surface area contributed by atoms with E-state index in [1.165, 1.54) is 11.0 Å². The third kappa shape index (κ3) is 3.52. The fourth-order valence-electron chi connectivity index (χ4n) is 3.56. The summed E-state index contributed by atoms with van der Waals surface area (Å²) in [6.07, 6.45) is 0.253. The largest absolute Gasteiger partial charge is 0.326 e. The molecule has 0 radical (unpaired) electrons. The zero-order valence-electron chi connectivity index (χ0n) is 16.8. The second-order valence-corrected chi connectivity index (χ2v) is 7.51. The molecule has 2 aromatic carbocycles. The van der Waals surface area contributed by atoms with E-state index in [9.17, 15) is 19.2 Å². The van der Waals surface area contributed by atoms with Gasteiger partial charge in [-0.15, -0.1) is 0 Å². The molecule has 1 fully saturated rings. The molecule has 1 aliphatic rings. The van der Waals surface area contributed by atoms with Crippen molar-refractivity contribution in [2.45, 2.75) is 32.7 Å². The molecule has 3 rings (SSSR count). The van der Waals surface area contributed by atoms with E-state index in [2.05, 4.69) is 11.4 Å². The normalized spacial score (nSPS) is 20.9. The first-order chi connectivity index (χ1) is 13.7. The molecule has 1 N–H and O–H groups in total. The van der Waals surface area contributed by atoms with E-state index in [-0.39, 0.29) is 29.7 Å². The molecule has 1 heterocycles. The van der Waals surface area contributed by atoms with Gasteiger partial charge in [0.2, 0.25) is 0 Å². The van der Waals surface area contributed by atoms with Crippen LogP contribution in [0.4, 0.5) is 4.39 Å². The van der Waals surface area contributed by atoms with Crippen LogP contribution in [0, 0.1) is 24.1 Å². The lowest BCUT2D eigenvalue weighted by atomic mass is 9.86. The van der Waals surface area contributed by atoms with Crippen LogP contribution in [-0.2, 0) is 16.0 Å². The summed E-state index contributed by atoms with van der Waals surface area (Å²) in [5, 5.41) is 12.1. The first-order valence-electron chi connectivity index (χ1n) is 9.24. The predicted molar refractivity (Wildman–Crippen MR) is 108 cm³/mol. The summed E-state index contributed by atoms with van der Waals surface area (Å²) < 4.78 is 13.6. The number of allylic oxidation sites excluding steroid dienone is 1. The Bertz CT molecular complexity index is 1080. The van der Waals surface area contributed by atoms with Gasteiger partial charge in [-0.2, -0.15) is 5.26 Å². The Morgan fingerprint density at radius 1 is 1.24 bits per heavy atom. The highest BCUT2D eigenvalue weighted by atomic mass is 19.1. The van der Waals surface area contributed by atoms with Crippen molar-refractivity contribution in [1.82, 2.24) is 10.2 Å². The molecule has 0 spiro atoms. The number of nitrogens with one attached hydrogen (secondary N) is 1. The Kier molecular flexibility index (Phi) is 5.25. The Balaban J connectivity index is 1.98. The van der Waals surface area contributed by atoms with Crippen molar-refractivity contribution < 1.29 is 14.0 Å². The zero-order chi connectivity index (χ0) is 21.3. The number of carbonyl (C=O) groups is 2. The summed E-state index contributed by atoms with van der Waals surface area (Å²) in [4.78, 5) is 27.6. The van der Waals surface area contributed by atoms with Crippen molar-refractivity contribution in [3.63, 3.8) is 0 Å². The van der Waals surface area contributed by atoms with Crippen molar-refractivity contribution in [3.8, 4) is 6.07 Å². The number of nitriles is 1. The van der Waals surface area contributed by atoms with Gasteiger partial charge in [0.15, 0.2) is 0 Å². The molecular formula is C23H22FN3O2. The van der Waals surface area contributed by atoms with Gasteiger partial charge in [0.1, 0.15) is 17.1 Å². The molecule has 5 nitrogen and oxygen atoms in total. The predicted octanol–water partition coefficient (Wildman–Crippen LogP) is 3.33. The standard InChI is InChI=1S/C23H22FN3O2/c1-14-11-16(9-10-19(14)24)12-23(3)22(29)26-20(21(28)27(23)4)15(2)18-8-6-5-7-17(18)13-25/h5-11H,12H2,1-4H3,(H,26,29). The Labute approximate surface area is 169 Å². The summed E-state index contributed by atoms with van der Waals surface area (Å²) in [5.74, 6) is -0.977. The maximum Gasteiger partial charge on any atom is 0.271 e. The molecule has 148 valence electrons. The van der Waals surface area contributed by atoms with Gasteiger partial charge in [-0.25, -0.2) is 4.39 Å². The fourth-order valence-corrected chi connectivity index (χ4v) is 3.56. The van der Waals surface area contributed by atoms with Gasteiger partial charge in [-0.05, 0) is 55.2 Å². The van der Waals surface area contributed by atoms with Crippen molar-refractivity contribution >= 4 is 17.4 Å². The van der Waals surface area contributed by atoms with Crippen LogP contribution in [-0.4, -0.2) is 29.3 Å². The lowest BCUT2D eigenvalue weighted by Crippen LogP contribution is -2.64. The quantitative estimate of drug-likeness (QED) is 0.816. The summed E-state index contributed by atoms with van der Waals surface area (Å²) in [7, 11) is 1.58. The average Bonchev–Trinajstić information content (AvgIpc) is 2.71. The number of rotatable bonds is 3. The van der Waals surface area contributed by atoms with Gasteiger partial charge in [0.05, 0.1) is 11.6 Å². The van der Waals surface area contributed by atoms with Crippen LogP contribution in [0.3, 0.4) is 0 Å². The number of hydrogen-bond donors (Lipinski definition) is 1. The number of amides is 2. The highest BCUT2D eigenvalue weighted by Gasteiger charge is 2.46. The van der Waals surface area contributed by atoms with Crippen LogP contribution in [0.1, 0.15) is 36.1 Å². The van der Waals surface area contributed by atoms with Crippen LogP contribution in [0.5, 0.6) is 0 Å². The molecule has 1 aliphatic heterocycles. The van der Waals surface area contributed by atoms with E-state index in [1.54, 1.807) is 64.2 Å². The summed E-state index contributed by atoms with van der Waals surface area (Å²) in [5.41, 5.74) is 1.85. The molecule has 2 amide bonds. The number of carbonyl (C=O) groups excluding carboxylic acids is 2. The van der Waals surface area contributed by atoms with Gasteiger partial charge in [-0.1, -0.05) is 30.3 Å². The molecule has 2 aromatic rings. The molecule has 0 aliphatic carbocycles. The summed E-state index contributed by atoms with van der Waals surface area (Å²) in [6.45, 7) is 5.06. The number of halogens is 1. The molecule has 0 saturated carbocycles. The average molecular weight is 391 g/mol. The van der Waals surface area contributed by atoms with Crippen LogP contribution in [0.15, 0.2) is 48.2 Å². The lowest BCUT2D eigenvalue weighted by Gasteiger charge is -2.42. The van der Waals surface area contributed by atoms with Gasteiger partial charge < -0.3 is 10.2 Å². The van der Waals surface area contributed by atoms with Crippen LogP contribution < -0.4 is 5.32 Å². The maximum absolute atomic E-state index is 13.6. The molecule has 0 bridgehead atoms. The monoisotopic (exact) mass is 391 g/mol. The van der Waals surface area contributed by atoms with Crippen molar-refractivity contribution in [2.75, 3.05) is 7.05 Å². The number of piperazine rings is 1. The second-order valence-electron chi connectivity index (χ2n) is 7.51. The Morgan fingerprint density at radius 2 is 1.93 bits per heavy atom. The number of nitrogens with zero attached hydrogens (tertiary/aromatic N) is 2. The zero-order valence-corrected chi connectivity index (χ0v) is 16.8. The van der Waals surface area contributed by atoms with E-state index in [0.717, 1.165) is 5.56 Å². The molecule has 1 unspecified atom stereocenters.